The molecule has 2 aromatic rings. The van der Waals surface area contributed by atoms with Gasteiger partial charge in [0.05, 0.1) is 23.2 Å². The van der Waals surface area contributed by atoms with Gasteiger partial charge in [-0.3, -0.25) is 4.79 Å². The Bertz CT molecular complexity index is 858. The molecule has 1 unspecified atom stereocenters. The lowest BCUT2D eigenvalue weighted by Crippen LogP contribution is -2.28. The third-order valence-corrected chi connectivity index (χ3v) is 4.37. The summed E-state index contributed by atoms with van der Waals surface area (Å²) in [5.74, 6) is 0.249. The van der Waals surface area contributed by atoms with Crippen LogP contribution in [0, 0.1) is 11.3 Å². The van der Waals surface area contributed by atoms with Gasteiger partial charge in [0.25, 0.3) is 5.91 Å². The van der Waals surface area contributed by atoms with Crippen molar-refractivity contribution in [2.75, 3.05) is 12.4 Å². The standard InChI is InChI=1S/C19H17Cl2N3O2/c1-12(13-3-6-16(26-2)7-4-13)24-19(25)14(10-22)11-23-15-5-8-17(20)18(21)9-15/h3-9,11-12,23H,1-2H3,(H,24,25)/b14-11-. The number of benzene rings is 2. The van der Waals surface area contributed by atoms with Gasteiger partial charge in [-0.1, -0.05) is 35.3 Å². The normalized spacial score (nSPS) is 12.0. The zero-order valence-corrected chi connectivity index (χ0v) is 15.7. The second kappa shape index (κ2) is 9.14. The van der Waals surface area contributed by atoms with Crippen molar-refractivity contribution in [2.24, 2.45) is 0 Å². The van der Waals surface area contributed by atoms with Gasteiger partial charge in [-0.15, -0.1) is 0 Å². The van der Waals surface area contributed by atoms with E-state index in [0.29, 0.717) is 15.7 Å². The lowest BCUT2D eigenvalue weighted by molar-refractivity contribution is -0.117. The van der Waals surface area contributed by atoms with Crippen molar-refractivity contribution in [3.8, 4) is 11.8 Å². The molecule has 0 aliphatic carbocycles. The summed E-state index contributed by atoms with van der Waals surface area (Å²) in [5, 5.41) is 15.7. The van der Waals surface area contributed by atoms with E-state index in [1.165, 1.54) is 6.20 Å². The van der Waals surface area contributed by atoms with Crippen LogP contribution in [0.3, 0.4) is 0 Å². The van der Waals surface area contributed by atoms with Crippen LogP contribution in [0.25, 0.3) is 0 Å². The van der Waals surface area contributed by atoms with E-state index in [1.807, 2.05) is 37.3 Å². The van der Waals surface area contributed by atoms with Crippen LogP contribution in [0.15, 0.2) is 54.2 Å². The molecule has 1 amide bonds. The van der Waals surface area contributed by atoms with Gasteiger partial charge in [0.2, 0.25) is 0 Å². The van der Waals surface area contributed by atoms with Gasteiger partial charge < -0.3 is 15.4 Å². The average molecular weight is 390 g/mol. The Hall–Kier alpha value is -2.68. The van der Waals surface area contributed by atoms with Crippen LogP contribution < -0.4 is 15.4 Å². The van der Waals surface area contributed by atoms with E-state index in [-0.39, 0.29) is 11.6 Å². The molecule has 134 valence electrons. The number of hydrogen-bond acceptors (Lipinski definition) is 4. The smallest absolute Gasteiger partial charge is 0.263 e. The lowest BCUT2D eigenvalue weighted by atomic mass is 10.1. The molecular formula is C19H17Cl2N3O2. The first-order valence-corrected chi connectivity index (χ1v) is 8.47. The number of nitrogens with zero attached hydrogens (tertiary/aromatic N) is 1. The number of anilines is 1. The van der Waals surface area contributed by atoms with E-state index in [0.717, 1.165) is 11.3 Å². The maximum atomic E-state index is 12.3. The molecule has 0 aliphatic heterocycles. The Morgan fingerprint density at radius 3 is 2.46 bits per heavy atom. The molecule has 2 rings (SSSR count). The van der Waals surface area contributed by atoms with Gasteiger partial charge in [0.1, 0.15) is 17.4 Å². The summed E-state index contributed by atoms with van der Waals surface area (Å²) in [6, 6.07) is 13.9. The number of nitriles is 1. The van der Waals surface area contributed by atoms with Gasteiger partial charge >= 0.3 is 0 Å². The highest BCUT2D eigenvalue weighted by atomic mass is 35.5. The summed E-state index contributed by atoms with van der Waals surface area (Å²) >= 11 is 11.8. The highest BCUT2D eigenvalue weighted by molar-refractivity contribution is 6.42. The fourth-order valence-corrected chi connectivity index (χ4v) is 2.44. The highest BCUT2D eigenvalue weighted by Gasteiger charge is 2.14. The molecule has 0 spiro atoms. The number of hydrogen-bond donors (Lipinski definition) is 2. The number of ether oxygens (including phenoxy) is 1. The van der Waals surface area contributed by atoms with Gasteiger partial charge in [0.15, 0.2) is 0 Å². The van der Waals surface area contributed by atoms with Crippen molar-refractivity contribution in [3.63, 3.8) is 0 Å². The summed E-state index contributed by atoms with van der Waals surface area (Å²) in [7, 11) is 1.59. The molecule has 0 heterocycles. The Kier molecular flexibility index (Phi) is 6.90. The summed E-state index contributed by atoms with van der Waals surface area (Å²) in [4.78, 5) is 12.3. The Balaban J connectivity index is 2.04. The van der Waals surface area contributed by atoms with Gasteiger partial charge in [0, 0.05) is 11.9 Å². The van der Waals surface area contributed by atoms with Crippen LogP contribution in [0.4, 0.5) is 5.69 Å². The maximum Gasteiger partial charge on any atom is 0.263 e. The molecule has 0 fully saturated rings. The van der Waals surface area contributed by atoms with Crippen LogP contribution in [-0.2, 0) is 4.79 Å². The number of amides is 1. The van der Waals surface area contributed by atoms with Crippen LogP contribution >= 0.6 is 23.2 Å². The monoisotopic (exact) mass is 389 g/mol. The molecule has 0 bridgehead atoms. The maximum absolute atomic E-state index is 12.3. The van der Waals surface area contributed by atoms with Crippen molar-refractivity contribution in [3.05, 3.63) is 69.8 Å². The SMILES string of the molecule is COc1ccc(C(C)NC(=O)/C(C#N)=C\Nc2ccc(Cl)c(Cl)c2)cc1. The van der Waals surface area contributed by atoms with Gasteiger partial charge in [-0.2, -0.15) is 5.26 Å². The topological polar surface area (TPSA) is 74.1 Å². The van der Waals surface area contributed by atoms with Crippen molar-refractivity contribution in [1.29, 1.82) is 5.26 Å². The molecule has 5 nitrogen and oxygen atoms in total. The minimum Gasteiger partial charge on any atom is -0.497 e. The molecular weight excluding hydrogens is 373 g/mol. The van der Waals surface area contributed by atoms with E-state index in [1.54, 1.807) is 25.3 Å². The largest absolute Gasteiger partial charge is 0.497 e. The summed E-state index contributed by atoms with van der Waals surface area (Å²) < 4.78 is 5.11. The van der Waals surface area contributed by atoms with Gasteiger partial charge in [-0.25, -0.2) is 0 Å². The Morgan fingerprint density at radius 1 is 1.19 bits per heavy atom. The quantitative estimate of drug-likeness (QED) is 0.554. The minimum atomic E-state index is -0.483. The minimum absolute atomic E-state index is 0.0589. The van der Waals surface area contributed by atoms with E-state index >= 15 is 0 Å². The molecule has 1 atom stereocenters. The van der Waals surface area contributed by atoms with Crippen LogP contribution in [0.1, 0.15) is 18.5 Å². The number of carbonyl (C=O) groups excluding carboxylic acids is 1. The van der Waals surface area contributed by atoms with Crippen LogP contribution in [-0.4, -0.2) is 13.0 Å². The zero-order valence-electron chi connectivity index (χ0n) is 14.2. The molecule has 2 aromatic carbocycles. The molecule has 0 saturated heterocycles. The predicted molar refractivity (Wildman–Crippen MR) is 103 cm³/mol. The van der Waals surface area contributed by atoms with Gasteiger partial charge in [-0.05, 0) is 42.8 Å². The van der Waals surface area contributed by atoms with Crippen LogP contribution in [0.2, 0.25) is 10.0 Å². The fourth-order valence-electron chi connectivity index (χ4n) is 2.14. The van der Waals surface area contributed by atoms with E-state index in [9.17, 15) is 10.1 Å². The predicted octanol–water partition coefficient (Wildman–Crippen LogP) is 4.70. The van der Waals surface area contributed by atoms with Crippen molar-refractivity contribution in [1.82, 2.24) is 5.32 Å². The number of rotatable bonds is 6. The summed E-state index contributed by atoms with van der Waals surface area (Å²) in [5.41, 5.74) is 1.45. The lowest BCUT2D eigenvalue weighted by Gasteiger charge is -2.14. The van der Waals surface area contributed by atoms with Crippen molar-refractivity contribution in [2.45, 2.75) is 13.0 Å². The number of methoxy groups -OCH3 is 1. The van der Waals surface area contributed by atoms with Crippen molar-refractivity contribution >= 4 is 34.8 Å². The van der Waals surface area contributed by atoms with E-state index in [2.05, 4.69) is 10.6 Å². The molecule has 0 radical (unpaired) electrons. The Labute approximate surface area is 162 Å². The second-order valence-electron chi connectivity index (χ2n) is 5.41. The zero-order chi connectivity index (χ0) is 19.1. The molecule has 26 heavy (non-hydrogen) atoms. The van der Waals surface area contributed by atoms with Crippen LogP contribution in [0.5, 0.6) is 5.75 Å². The molecule has 0 saturated carbocycles. The Morgan fingerprint density at radius 2 is 1.88 bits per heavy atom. The van der Waals surface area contributed by atoms with Crippen molar-refractivity contribution < 1.29 is 9.53 Å². The number of halogens is 2. The number of nitrogens with one attached hydrogen (secondary N) is 2. The first-order valence-electron chi connectivity index (χ1n) is 7.71. The van der Waals surface area contributed by atoms with E-state index < -0.39 is 5.91 Å². The molecule has 0 aromatic heterocycles. The summed E-state index contributed by atoms with van der Waals surface area (Å²) in [6.07, 6.45) is 1.33. The van der Waals surface area contributed by atoms with E-state index in [4.69, 9.17) is 27.9 Å². The third kappa shape index (κ3) is 5.16. The summed E-state index contributed by atoms with van der Waals surface area (Å²) in [6.45, 7) is 1.83. The highest BCUT2D eigenvalue weighted by Crippen LogP contribution is 2.25. The first kappa shape index (κ1) is 19.6. The first-order chi connectivity index (χ1) is 12.4. The average Bonchev–Trinajstić information content (AvgIpc) is 2.65. The fraction of sp³-hybridized carbons (Fsp3) is 0.158. The molecule has 0 aliphatic rings. The second-order valence-corrected chi connectivity index (χ2v) is 6.23. The molecule has 2 N–H and O–H groups in total. The molecule has 7 heteroatoms. The third-order valence-electron chi connectivity index (χ3n) is 3.63. The number of carbonyl (C=O) groups is 1.